The van der Waals surface area contributed by atoms with Gasteiger partial charge in [0.05, 0.1) is 16.7 Å². The number of carboxylic acid groups (broad SMARTS) is 1. The van der Waals surface area contributed by atoms with Gasteiger partial charge >= 0.3 is 5.97 Å². The van der Waals surface area contributed by atoms with E-state index in [0.717, 1.165) is 4.90 Å². The zero-order chi connectivity index (χ0) is 15.4. The number of rotatable bonds is 4. The molecule has 1 fully saturated rings. The minimum atomic E-state index is -0.821. The summed E-state index contributed by atoms with van der Waals surface area (Å²) in [5.41, 5.74) is 0. The summed E-state index contributed by atoms with van der Waals surface area (Å²) in [4.78, 5) is 25.9. The summed E-state index contributed by atoms with van der Waals surface area (Å²) < 4.78 is 0. The lowest BCUT2D eigenvalue weighted by molar-refractivity contribution is -0.146. The van der Waals surface area contributed by atoms with Crippen molar-refractivity contribution in [1.82, 2.24) is 4.90 Å². The highest BCUT2D eigenvalue weighted by molar-refractivity contribution is 8.00. The Hall–Kier alpha value is -1.20. The van der Waals surface area contributed by atoms with E-state index in [4.69, 9.17) is 16.7 Å². The molecule has 0 radical (unpaired) electrons. The van der Waals surface area contributed by atoms with Crippen molar-refractivity contribution in [2.75, 3.05) is 18.8 Å². The number of amides is 1. The number of aliphatic carboxylic acids is 1. The number of benzene rings is 1. The Morgan fingerprint density at radius 1 is 1.38 bits per heavy atom. The molecule has 1 aromatic rings. The van der Waals surface area contributed by atoms with E-state index in [9.17, 15) is 9.59 Å². The number of carbonyl (C=O) groups excluding carboxylic acids is 1. The average molecular weight is 328 g/mol. The maximum atomic E-state index is 12.3. The van der Waals surface area contributed by atoms with Crippen LogP contribution in [0.3, 0.4) is 0 Å². The van der Waals surface area contributed by atoms with Crippen LogP contribution in [0.25, 0.3) is 0 Å². The maximum Gasteiger partial charge on any atom is 0.308 e. The van der Waals surface area contributed by atoms with Crippen LogP contribution in [0.1, 0.15) is 13.3 Å². The van der Waals surface area contributed by atoms with Gasteiger partial charge in [-0.3, -0.25) is 9.59 Å². The molecule has 114 valence electrons. The topological polar surface area (TPSA) is 57.6 Å². The third-order valence-electron chi connectivity index (χ3n) is 3.55. The third-order valence-corrected chi connectivity index (χ3v) is 5.05. The zero-order valence-corrected chi connectivity index (χ0v) is 13.4. The van der Waals surface area contributed by atoms with Crippen molar-refractivity contribution >= 4 is 35.2 Å². The molecule has 0 saturated carbocycles. The average Bonchev–Trinajstić information content (AvgIpc) is 2.45. The Morgan fingerprint density at radius 3 is 2.76 bits per heavy atom. The van der Waals surface area contributed by atoms with Gasteiger partial charge in [0, 0.05) is 18.0 Å². The molecule has 6 heteroatoms. The van der Waals surface area contributed by atoms with Crippen molar-refractivity contribution in [3.05, 3.63) is 29.3 Å². The van der Waals surface area contributed by atoms with Crippen LogP contribution >= 0.6 is 23.4 Å². The van der Waals surface area contributed by atoms with E-state index < -0.39 is 11.9 Å². The predicted molar refractivity (Wildman–Crippen MR) is 83.7 cm³/mol. The fourth-order valence-electron chi connectivity index (χ4n) is 2.53. The van der Waals surface area contributed by atoms with E-state index in [1.807, 2.05) is 25.1 Å². The van der Waals surface area contributed by atoms with Crippen LogP contribution < -0.4 is 0 Å². The second-order valence-electron chi connectivity index (χ2n) is 5.39. The fraction of sp³-hybridized carbons (Fsp3) is 0.467. The summed E-state index contributed by atoms with van der Waals surface area (Å²) in [5, 5.41) is 9.77. The summed E-state index contributed by atoms with van der Waals surface area (Å²) in [6, 6.07) is 7.39. The highest BCUT2D eigenvalue weighted by Gasteiger charge is 2.31. The van der Waals surface area contributed by atoms with Crippen molar-refractivity contribution in [2.24, 2.45) is 11.8 Å². The van der Waals surface area contributed by atoms with Gasteiger partial charge in [-0.1, -0.05) is 30.7 Å². The van der Waals surface area contributed by atoms with Gasteiger partial charge in [0.15, 0.2) is 0 Å². The van der Waals surface area contributed by atoms with Crippen molar-refractivity contribution in [3.8, 4) is 0 Å². The van der Waals surface area contributed by atoms with Crippen molar-refractivity contribution in [2.45, 2.75) is 18.2 Å². The maximum absolute atomic E-state index is 12.3. The molecule has 1 saturated heterocycles. The van der Waals surface area contributed by atoms with Gasteiger partial charge in [0.25, 0.3) is 0 Å². The van der Waals surface area contributed by atoms with Crippen LogP contribution in [0, 0.1) is 11.8 Å². The first-order valence-corrected chi connectivity index (χ1v) is 8.21. The Morgan fingerprint density at radius 2 is 2.10 bits per heavy atom. The van der Waals surface area contributed by atoms with Crippen LogP contribution in [0.2, 0.25) is 5.02 Å². The predicted octanol–water partition coefficient (Wildman–Crippen LogP) is 3.00. The van der Waals surface area contributed by atoms with E-state index >= 15 is 0 Å². The van der Waals surface area contributed by atoms with Gasteiger partial charge < -0.3 is 10.0 Å². The SMILES string of the molecule is CC1CC(C(=O)O)CN(C(=O)CSc2ccccc2Cl)C1. The molecule has 1 amide bonds. The summed E-state index contributed by atoms with van der Waals surface area (Å²) in [5.74, 6) is -0.809. The monoisotopic (exact) mass is 327 g/mol. The smallest absolute Gasteiger partial charge is 0.308 e. The second-order valence-corrected chi connectivity index (χ2v) is 6.82. The number of carbonyl (C=O) groups is 2. The van der Waals surface area contributed by atoms with E-state index in [0.29, 0.717) is 24.5 Å². The zero-order valence-electron chi connectivity index (χ0n) is 11.8. The molecule has 0 spiro atoms. The molecule has 2 atom stereocenters. The van der Waals surface area contributed by atoms with Gasteiger partial charge in [0.2, 0.25) is 5.91 Å². The lowest BCUT2D eigenvalue weighted by Crippen LogP contribution is -2.46. The number of likely N-dealkylation sites (tertiary alicyclic amines) is 1. The fourth-order valence-corrected chi connectivity index (χ4v) is 3.67. The molecule has 1 aliphatic heterocycles. The summed E-state index contributed by atoms with van der Waals surface area (Å²) in [7, 11) is 0. The van der Waals surface area contributed by atoms with E-state index in [2.05, 4.69) is 0 Å². The Labute approximate surface area is 133 Å². The first kappa shape index (κ1) is 16.2. The minimum Gasteiger partial charge on any atom is -0.481 e. The molecule has 0 aliphatic carbocycles. The van der Waals surface area contributed by atoms with Crippen LogP contribution in [0.15, 0.2) is 29.2 Å². The summed E-state index contributed by atoms with van der Waals surface area (Å²) in [6.45, 7) is 2.92. The quantitative estimate of drug-likeness (QED) is 0.864. The Bertz CT molecular complexity index is 537. The molecule has 0 aromatic heterocycles. The van der Waals surface area contributed by atoms with Crippen molar-refractivity contribution in [3.63, 3.8) is 0 Å². The molecule has 1 heterocycles. The van der Waals surface area contributed by atoms with Crippen LogP contribution in [-0.4, -0.2) is 40.7 Å². The molecule has 1 aliphatic rings. The number of nitrogens with zero attached hydrogens (tertiary/aromatic N) is 1. The number of hydrogen-bond acceptors (Lipinski definition) is 3. The van der Waals surface area contributed by atoms with Crippen LogP contribution in [0.4, 0.5) is 0 Å². The van der Waals surface area contributed by atoms with E-state index in [1.165, 1.54) is 11.8 Å². The number of hydrogen-bond donors (Lipinski definition) is 1. The second kappa shape index (κ2) is 7.18. The number of thioether (sulfide) groups is 1. The van der Waals surface area contributed by atoms with Gasteiger partial charge in [-0.15, -0.1) is 11.8 Å². The molecule has 0 bridgehead atoms. The minimum absolute atomic E-state index is 0.0299. The first-order chi connectivity index (χ1) is 9.97. The highest BCUT2D eigenvalue weighted by Crippen LogP contribution is 2.28. The third kappa shape index (κ3) is 4.38. The van der Waals surface area contributed by atoms with E-state index in [1.54, 1.807) is 11.0 Å². The normalized spacial score (nSPS) is 22.1. The number of halogens is 1. The summed E-state index contributed by atoms with van der Waals surface area (Å²) in [6.07, 6.45) is 0.636. The highest BCUT2D eigenvalue weighted by atomic mass is 35.5. The van der Waals surface area contributed by atoms with Gasteiger partial charge in [0.1, 0.15) is 0 Å². The van der Waals surface area contributed by atoms with Crippen LogP contribution in [0.5, 0.6) is 0 Å². The Kier molecular flexibility index (Phi) is 5.53. The first-order valence-electron chi connectivity index (χ1n) is 6.85. The largest absolute Gasteiger partial charge is 0.481 e. The molecule has 4 nitrogen and oxygen atoms in total. The molecule has 1 N–H and O–H groups in total. The van der Waals surface area contributed by atoms with Crippen molar-refractivity contribution in [1.29, 1.82) is 0 Å². The summed E-state index contributed by atoms with van der Waals surface area (Å²) >= 11 is 7.45. The van der Waals surface area contributed by atoms with Gasteiger partial charge in [-0.2, -0.15) is 0 Å². The van der Waals surface area contributed by atoms with E-state index in [-0.39, 0.29) is 17.6 Å². The standard InChI is InChI=1S/C15H18ClNO3S/c1-10-6-11(15(19)20)8-17(7-10)14(18)9-21-13-5-3-2-4-12(13)16/h2-5,10-11H,6-9H2,1H3,(H,19,20). The lowest BCUT2D eigenvalue weighted by Gasteiger charge is -2.34. The molecule has 21 heavy (non-hydrogen) atoms. The molecule has 2 unspecified atom stereocenters. The lowest BCUT2D eigenvalue weighted by atomic mass is 9.90. The molecule has 2 rings (SSSR count). The number of carboxylic acids is 1. The number of piperidine rings is 1. The van der Waals surface area contributed by atoms with Crippen LogP contribution in [-0.2, 0) is 9.59 Å². The van der Waals surface area contributed by atoms with Gasteiger partial charge in [-0.05, 0) is 24.5 Å². The Balaban J connectivity index is 1.93. The molecular formula is C15H18ClNO3S. The molecular weight excluding hydrogens is 310 g/mol. The van der Waals surface area contributed by atoms with Gasteiger partial charge in [-0.25, -0.2) is 0 Å². The van der Waals surface area contributed by atoms with Crippen molar-refractivity contribution < 1.29 is 14.7 Å². The molecule has 1 aromatic carbocycles.